The van der Waals surface area contributed by atoms with Crippen molar-refractivity contribution in [3.63, 3.8) is 0 Å². The smallest absolute Gasteiger partial charge is 0.255 e. The van der Waals surface area contributed by atoms with Gasteiger partial charge in [-0.3, -0.25) is 4.79 Å². The maximum Gasteiger partial charge on any atom is 0.255 e. The van der Waals surface area contributed by atoms with Crippen LogP contribution < -0.4 is 21.1 Å². The molecule has 1 amide bonds. The molecule has 0 bridgehead atoms. The molecule has 0 heterocycles. The van der Waals surface area contributed by atoms with Gasteiger partial charge < -0.3 is 21.1 Å². The van der Waals surface area contributed by atoms with Gasteiger partial charge >= 0.3 is 0 Å². The van der Waals surface area contributed by atoms with Crippen LogP contribution in [0.1, 0.15) is 43.5 Å². The second kappa shape index (κ2) is 13.0. The number of ether oxygens (including phenoxy) is 1. The molecular weight excluding hydrogens is 479 g/mol. The molecule has 0 aliphatic carbocycles. The molecule has 2 rings (SSSR count). The molecule has 0 aromatic heterocycles. The predicted molar refractivity (Wildman–Crippen MR) is 129 cm³/mol. The number of hydrogen-bond acceptors (Lipinski definition) is 3. The fourth-order valence-electron chi connectivity index (χ4n) is 2.71. The molecule has 0 radical (unpaired) electrons. The van der Waals surface area contributed by atoms with Gasteiger partial charge in [0.15, 0.2) is 12.6 Å². The van der Waals surface area contributed by atoms with Crippen LogP contribution in [-0.4, -0.2) is 25.0 Å². The lowest BCUT2D eigenvalue weighted by atomic mass is 10.1. The number of amides is 1. The van der Waals surface area contributed by atoms with Gasteiger partial charge in [0, 0.05) is 6.54 Å². The van der Waals surface area contributed by atoms with Crippen LogP contribution in [0, 0.1) is 0 Å². The number of guanidine groups is 1. The molecule has 0 fully saturated rings. The van der Waals surface area contributed by atoms with Gasteiger partial charge in [0.1, 0.15) is 5.75 Å². The zero-order chi connectivity index (χ0) is 20.4. The third kappa shape index (κ3) is 8.72. The van der Waals surface area contributed by atoms with Gasteiger partial charge in [-0.2, -0.15) is 0 Å². The first-order valence-corrected chi connectivity index (χ1v) is 9.65. The second-order valence-electron chi connectivity index (χ2n) is 6.56. The lowest BCUT2D eigenvalue weighted by molar-refractivity contribution is -0.119. The molecule has 4 N–H and O–H groups in total. The summed E-state index contributed by atoms with van der Waals surface area (Å²) >= 11 is 0. The molecular formula is C22H31IN4O2. The van der Waals surface area contributed by atoms with Gasteiger partial charge in [-0.05, 0) is 49.1 Å². The molecule has 29 heavy (non-hydrogen) atoms. The Hall–Kier alpha value is -2.29. The van der Waals surface area contributed by atoms with E-state index >= 15 is 0 Å². The van der Waals surface area contributed by atoms with E-state index in [9.17, 15) is 4.79 Å². The summed E-state index contributed by atoms with van der Waals surface area (Å²) in [6.07, 6.45) is 1.04. The van der Waals surface area contributed by atoms with E-state index in [4.69, 9.17) is 10.5 Å². The van der Waals surface area contributed by atoms with Crippen LogP contribution in [0.15, 0.2) is 53.5 Å². The van der Waals surface area contributed by atoms with E-state index < -0.39 is 5.91 Å². The molecule has 0 spiro atoms. The average Bonchev–Trinajstić information content (AvgIpc) is 2.71. The topological polar surface area (TPSA) is 88.7 Å². The number of nitrogens with two attached hydrogens (primary N) is 1. The molecule has 2 aromatic carbocycles. The maximum atomic E-state index is 10.9. The zero-order valence-corrected chi connectivity index (χ0v) is 19.6. The van der Waals surface area contributed by atoms with Crippen LogP contribution in [-0.2, 0) is 17.8 Å². The molecule has 1 unspecified atom stereocenters. The minimum Gasteiger partial charge on any atom is -0.484 e. The summed E-state index contributed by atoms with van der Waals surface area (Å²) in [5, 5.41) is 6.72. The Balaban J connectivity index is 0.00000420. The van der Waals surface area contributed by atoms with Crippen molar-refractivity contribution in [2.24, 2.45) is 10.7 Å². The minimum atomic E-state index is -0.497. The highest BCUT2D eigenvalue weighted by atomic mass is 127. The Labute approximate surface area is 190 Å². The summed E-state index contributed by atoms with van der Waals surface area (Å²) in [5.41, 5.74) is 8.64. The molecule has 6 nitrogen and oxygen atoms in total. The summed E-state index contributed by atoms with van der Waals surface area (Å²) in [4.78, 5) is 15.5. The number of carbonyl (C=O) groups excluding carboxylic acids is 1. The quantitative estimate of drug-likeness (QED) is 0.274. The number of primary amides is 1. The summed E-state index contributed by atoms with van der Waals surface area (Å²) in [6, 6.07) is 16.3. The first-order chi connectivity index (χ1) is 13.5. The number of rotatable bonds is 9. The van der Waals surface area contributed by atoms with E-state index in [1.54, 1.807) is 6.07 Å². The molecule has 158 valence electrons. The van der Waals surface area contributed by atoms with Crippen molar-refractivity contribution in [2.75, 3.05) is 13.2 Å². The summed E-state index contributed by atoms with van der Waals surface area (Å²) in [6.45, 7) is 7.44. The van der Waals surface area contributed by atoms with Crippen molar-refractivity contribution in [3.05, 3.63) is 65.2 Å². The van der Waals surface area contributed by atoms with Crippen LogP contribution in [0.4, 0.5) is 0 Å². The Morgan fingerprint density at radius 2 is 1.86 bits per heavy atom. The van der Waals surface area contributed by atoms with Crippen molar-refractivity contribution in [1.82, 2.24) is 10.6 Å². The zero-order valence-electron chi connectivity index (χ0n) is 17.3. The minimum absolute atomic E-state index is 0. The fraction of sp³-hybridized carbons (Fsp3) is 0.364. The van der Waals surface area contributed by atoms with Crippen molar-refractivity contribution in [2.45, 2.75) is 39.8 Å². The molecule has 1 atom stereocenters. The Bertz CT molecular complexity index is 794. The van der Waals surface area contributed by atoms with Crippen LogP contribution in [0.3, 0.4) is 0 Å². The molecule has 2 aromatic rings. The van der Waals surface area contributed by atoms with Gasteiger partial charge in [-0.25, -0.2) is 4.99 Å². The van der Waals surface area contributed by atoms with Crippen LogP contribution >= 0.6 is 24.0 Å². The predicted octanol–water partition coefficient (Wildman–Crippen LogP) is 3.55. The van der Waals surface area contributed by atoms with E-state index in [2.05, 4.69) is 53.7 Å². The van der Waals surface area contributed by atoms with Crippen molar-refractivity contribution >= 4 is 35.8 Å². The highest BCUT2D eigenvalue weighted by Gasteiger charge is 2.08. The third-order valence-electron chi connectivity index (χ3n) is 4.28. The number of nitrogens with one attached hydrogen (secondary N) is 2. The number of nitrogens with zero attached hydrogens (tertiary/aromatic N) is 1. The summed E-state index contributed by atoms with van der Waals surface area (Å²) in [5.74, 6) is 0.856. The summed E-state index contributed by atoms with van der Waals surface area (Å²) in [7, 11) is 0. The van der Waals surface area contributed by atoms with Crippen molar-refractivity contribution in [1.29, 1.82) is 0 Å². The van der Waals surface area contributed by atoms with Crippen LogP contribution in [0.25, 0.3) is 0 Å². The number of hydrogen-bond donors (Lipinski definition) is 3. The number of aryl methyl sites for hydroxylation is 1. The largest absolute Gasteiger partial charge is 0.484 e. The fourth-order valence-corrected chi connectivity index (χ4v) is 2.71. The second-order valence-corrected chi connectivity index (χ2v) is 6.56. The number of aliphatic imine (C=N–C) groups is 1. The molecule has 7 heteroatoms. The molecule has 0 aliphatic heterocycles. The van der Waals surface area contributed by atoms with Crippen LogP contribution in [0.5, 0.6) is 5.75 Å². The highest BCUT2D eigenvalue weighted by Crippen LogP contribution is 2.15. The summed E-state index contributed by atoms with van der Waals surface area (Å²) < 4.78 is 5.35. The lowest BCUT2D eigenvalue weighted by Gasteiger charge is -2.18. The van der Waals surface area contributed by atoms with Gasteiger partial charge in [0.25, 0.3) is 5.91 Å². The molecule has 0 saturated carbocycles. The highest BCUT2D eigenvalue weighted by molar-refractivity contribution is 14.0. The van der Waals surface area contributed by atoms with Crippen molar-refractivity contribution < 1.29 is 9.53 Å². The van der Waals surface area contributed by atoms with E-state index in [0.29, 0.717) is 12.3 Å². The van der Waals surface area contributed by atoms with Gasteiger partial charge in [-0.1, -0.05) is 43.3 Å². The van der Waals surface area contributed by atoms with E-state index in [1.807, 2.05) is 25.1 Å². The average molecular weight is 510 g/mol. The van der Waals surface area contributed by atoms with Gasteiger partial charge in [-0.15, -0.1) is 24.0 Å². The monoisotopic (exact) mass is 510 g/mol. The normalized spacial score (nSPS) is 11.9. The molecule has 0 saturated heterocycles. The first-order valence-electron chi connectivity index (χ1n) is 9.65. The standard InChI is InChI=1S/C22H30N4O2.HI/c1-4-17-9-11-19(12-10-17)16(3)26-22(24-5-2)25-14-18-7-6-8-20(13-18)28-15-21(23)27;/h6-13,16H,4-5,14-15H2,1-3H3,(H2,23,27)(H2,24,25,26);1H. The van der Waals surface area contributed by atoms with Gasteiger partial charge in [0.05, 0.1) is 12.6 Å². The third-order valence-corrected chi connectivity index (χ3v) is 4.28. The molecule has 0 aliphatic rings. The van der Waals surface area contributed by atoms with E-state index in [0.717, 1.165) is 24.5 Å². The first kappa shape index (κ1) is 24.7. The Morgan fingerprint density at radius 3 is 2.48 bits per heavy atom. The maximum absolute atomic E-state index is 10.9. The van der Waals surface area contributed by atoms with Gasteiger partial charge in [0.2, 0.25) is 0 Å². The number of benzene rings is 2. The van der Waals surface area contributed by atoms with Crippen LogP contribution in [0.2, 0.25) is 0 Å². The lowest BCUT2D eigenvalue weighted by Crippen LogP contribution is -2.38. The number of carbonyl (C=O) groups is 1. The SMILES string of the molecule is CCNC(=NCc1cccc(OCC(N)=O)c1)NC(C)c1ccc(CC)cc1.I. The van der Waals surface area contributed by atoms with E-state index in [-0.39, 0.29) is 36.6 Å². The van der Waals surface area contributed by atoms with E-state index in [1.165, 1.54) is 11.1 Å². The number of halogens is 1. The van der Waals surface area contributed by atoms with Crippen molar-refractivity contribution in [3.8, 4) is 5.75 Å². The Kier molecular flexibility index (Phi) is 11.1. The Morgan fingerprint density at radius 1 is 1.14 bits per heavy atom.